The molecule has 2 atom stereocenters. The smallest absolute Gasteiger partial charge is 0.333 e. The lowest BCUT2D eigenvalue weighted by atomic mass is 9.92. The highest BCUT2D eigenvalue weighted by molar-refractivity contribution is 9.11. The number of hydrogen-bond acceptors (Lipinski definition) is 8. The number of nitrogens with zero attached hydrogens (tertiary/aromatic N) is 2. The molecule has 2 aromatic heterocycles. The maximum atomic E-state index is 14.2. The molecule has 3 aromatic rings. The molecule has 2 saturated heterocycles. The molecule has 2 unspecified atom stereocenters. The summed E-state index contributed by atoms with van der Waals surface area (Å²) in [7, 11) is 1.58. The Bertz CT molecular complexity index is 1480. The van der Waals surface area contributed by atoms with Gasteiger partial charge in [-0.3, -0.25) is 9.36 Å². The highest BCUT2D eigenvalue weighted by Gasteiger charge is 2.46. The molecule has 0 spiro atoms. The Hall–Kier alpha value is -2.51. The number of aliphatic carboxylic acids is 1. The second-order valence-corrected chi connectivity index (χ2v) is 12.2. The van der Waals surface area contributed by atoms with Crippen molar-refractivity contribution in [2.24, 2.45) is 0 Å². The Labute approximate surface area is 237 Å². The van der Waals surface area contributed by atoms with Gasteiger partial charge in [-0.25, -0.2) is 14.2 Å². The van der Waals surface area contributed by atoms with Crippen LogP contribution in [0.4, 0.5) is 0 Å². The second-order valence-electron chi connectivity index (χ2n) is 9.89. The topological polar surface area (TPSA) is 118 Å². The van der Waals surface area contributed by atoms with Gasteiger partial charge < -0.3 is 24.1 Å². The number of aryl methyl sites for hydroxylation is 1. The van der Waals surface area contributed by atoms with Crippen LogP contribution < -0.4 is 16.0 Å². The number of aromatic nitrogens is 2. The van der Waals surface area contributed by atoms with Crippen LogP contribution in [0.25, 0.3) is 10.2 Å². The molecule has 210 valence electrons. The van der Waals surface area contributed by atoms with E-state index in [4.69, 9.17) is 18.9 Å². The molecule has 39 heavy (non-hydrogen) atoms. The normalized spacial score (nSPS) is 21.2. The summed E-state index contributed by atoms with van der Waals surface area (Å²) in [5.41, 5.74) is -1.73. The number of thiophene rings is 1. The molecule has 2 fully saturated rings. The van der Waals surface area contributed by atoms with E-state index in [-0.39, 0.29) is 25.7 Å². The van der Waals surface area contributed by atoms with Gasteiger partial charge in [0, 0.05) is 25.4 Å². The van der Waals surface area contributed by atoms with Crippen LogP contribution in [0.2, 0.25) is 0 Å². The number of hydrogen-bond donors (Lipinski definition) is 1. The van der Waals surface area contributed by atoms with E-state index >= 15 is 0 Å². The molecular formula is C27H31BrN2O8S. The van der Waals surface area contributed by atoms with Crippen LogP contribution in [0.3, 0.4) is 0 Å². The summed E-state index contributed by atoms with van der Waals surface area (Å²) < 4.78 is 26.3. The van der Waals surface area contributed by atoms with Crippen molar-refractivity contribution < 1.29 is 28.8 Å². The van der Waals surface area contributed by atoms with Crippen LogP contribution in [0.1, 0.15) is 42.9 Å². The quantitative estimate of drug-likeness (QED) is 0.403. The van der Waals surface area contributed by atoms with E-state index in [0.717, 1.165) is 10.1 Å². The standard InChI is InChI=1S/C27H31BrN2O8S/c1-16-21-23(31)30(27(25(32)33)10-5-11-37-15-27)26(34)29(24(21)39-22(16)28)14-20(38-17-8-12-36-13-9-17)18-6-3-4-7-19(18)35-2/h3-4,6-7,17,20H,5,8-15H2,1-2H3,(H,32,33). The number of halogens is 1. The lowest BCUT2D eigenvalue weighted by Crippen LogP contribution is -2.59. The minimum Gasteiger partial charge on any atom is -0.496 e. The van der Waals surface area contributed by atoms with Gasteiger partial charge in [0.15, 0.2) is 5.54 Å². The maximum Gasteiger partial charge on any atom is 0.333 e. The van der Waals surface area contributed by atoms with Crippen molar-refractivity contribution in [1.82, 2.24) is 9.13 Å². The Kier molecular flexibility index (Phi) is 8.29. The zero-order valence-corrected chi connectivity index (χ0v) is 24.2. The van der Waals surface area contributed by atoms with Gasteiger partial charge in [0.05, 0.1) is 35.5 Å². The zero-order chi connectivity index (χ0) is 27.7. The molecule has 0 saturated carbocycles. The highest BCUT2D eigenvalue weighted by Crippen LogP contribution is 2.36. The fraction of sp³-hybridized carbons (Fsp3) is 0.519. The number of benzene rings is 1. The van der Waals surface area contributed by atoms with Crippen molar-refractivity contribution in [1.29, 1.82) is 0 Å². The van der Waals surface area contributed by atoms with E-state index < -0.39 is 28.9 Å². The molecule has 12 heteroatoms. The van der Waals surface area contributed by atoms with Crippen LogP contribution in [0.15, 0.2) is 37.6 Å². The third-order valence-electron chi connectivity index (χ3n) is 7.56. The summed E-state index contributed by atoms with van der Waals surface area (Å²) in [6.07, 6.45) is 1.23. The van der Waals surface area contributed by atoms with Gasteiger partial charge in [0.25, 0.3) is 5.56 Å². The summed E-state index contributed by atoms with van der Waals surface area (Å²) in [6, 6.07) is 7.46. The zero-order valence-electron chi connectivity index (χ0n) is 21.8. The summed E-state index contributed by atoms with van der Waals surface area (Å²) in [5.74, 6) is -0.655. The number of carbonyl (C=O) groups is 1. The van der Waals surface area contributed by atoms with Gasteiger partial charge >= 0.3 is 11.7 Å². The number of ether oxygens (including phenoxy) is 4. The average molecular weight is 624 g/mol. The van der Waals surface area contributed by atoms with E-state index in [1.165, 1.54) is 15.9 Å². The molecule has 5 rings (SSSR count). The predicted octanol–water partition coefficient (Wildman–Crippen LogP) is 3.83. The van der Waals surface area contributed by atoms with Crippen molar-refractivity contribution in [2.75, 3.05) is 33.5 Å². The van der Waals surface area contributed by atoms with Crippen LogP contribution >= 0.6 is 27.3 Å². The molecule has 0 radical (unpaired) electrons. The number of methoxy groups -OCH3 is 1. The minimum absolute atomic E-state index is 0.0519. The van der Waals surface area contributed by atoms with Gasteiger partial charge in [-0.1, -0.05) is 18.2 Å². The molecule has 0 bridgehead atoms. The Morgan fingerprint density at radius 2 is 1.97 bits per heavy atom. The maximum absolute atomic E-state index is 14.2. The molecule has 2 aliphatic rings. The molecule has 10 nitrogen and oxygen atoms in total. The van der Waals surface area contributed by atoms with Crippen LogP contribution in [0.5, 0.6) is 5.75 Å². The average Bonchev–Trinajstić information content (AvgIpc) is 3.25. The minimum atomic E-state index is -1.80. The summed E-state index contributed by atoms with van der Waals surface area (Å²) in [4.78, 5) is 41.2. The van der Waals surface area contributed by atoms with E-state index in [1.807, 2.05) is 24.3 Å². The fourth-order valence-electron chi connectivity index (χ4n) is 5.44. The van der Waals surface area contributed by atoms with E-state index in [0.29, 0.717) is 64.4 Å². The number of carboxylic acids is 1. The first kappa shape index (κ1) is 28.0. The monoisotopic (exact) mass is 622 g/mol. The third-order valence-corrected chi connectivity index (χ3v) is 9.74. The molecule has 2 aliphatic heterocycles. The van der Waals surface area contributed by atoms with Crippen molar-refractivity contribution in [3.63, 3.8) is 0 Å². The first-order valence-corrected chi connectivity index (χ1v) is 14.5. The van der Waals surface area contributed by atoms with Gasteiger partial charge in [-0.15, -0.1) is 11.3 Å². The van der Waals surface area contributed by atoms with Crippen molar-refractivity contribution in [2.45, 2.75) is 56.9 Å². The largest absolute Gasteiger partial charge is 0.496 e. The van der Waals surface area contributed by atoms with E-state index in [2.05, 4.69) is 15.9 Å². The summed E-state index contributed by atoms with van der Waals surface area (Å²) >= 11 is 4.80. The Morgan fingerprint density at radius 1 is 1.23 bits per heavy atom. The van der Waals surface area contributed by atoms with Gasteiger partial charge in [-0.05, 0) is 60.2 Å². The molecular weight excluding hydrogens is 592 g/mol. The van der Waals surface area contributed by atoms with E-state index in [9.17, 15) is 19.5 Å². The Morgan fingerprint density at radius 3 is 2.64 bits per heavy atom. The predicted molar refractivity (Wildman–Crippen MR) is 149 cm³/mol. The van der Waals surface area contributed by atoms with Crippen LogP contribution in [-0.2, 0) is 31.1 Å². The molecule has 1 aromatic carbocycles. The van der Waals surface area contributed by atoms with Gasteiger partial charge in [-0.2, -0.15) is 0 Å². The SMILES string of the molecule is COc1ccccc1C(Cn1c(=O)n(C2(C(=O)O)CCCOC2)c(=O)c2c(C)c(Br)sc21)OC1CCOCC1. The first-order valence-electron chi connectivity index (χ1n) is 12.9. The van der Waals surface area contributed by atoms with Crippen molar-refractivity contribution in [3.05, 3.63) is 60.0 Å². The number of fused-ring (bicyclic) bond motifs is 1. The number of carboxylic acid groups (broad SMARTS) is 1. The lowest BCUT2D eigenvalue weighted by Gasteiger charge is -2.35. The third kappa shape index (κ3) is 5.08. The second kappa shape index (κ2) is 11.5. The molecule has 1 N–H and O–H groups in total. The van der Waals surface area contributed by atoms with Gasteiger partial charge in [0.2, 0.25) is 0 Å². The molecule has 4 heterocycles. The molecule has 0 amide bonds. The highest BCUT2D eigenvalue weighted by atomic mass is 79.9. The van der Waals surface area contributed by atoms with Crippen LogP contribution in [-0.4, -0.2) is 59.9 Å². The lowest BCUT2D eigenvalue weighted by molar-refractivity contribution is -0.155. The Balaban J connectivity index is 1.72. The van der Waals surface area contributed by atoms with Crippen molar-refractivity contribution >= 4 is 43.5 Å². The van der Waals surface area contributed by atoms with Gasteiger partial charge in [0.1, 0.15) is 16.7 Å². The first-order chi connectivity index (χ1) is 18.8. The van der Waals surface area contributed by atoms with Crippen molar-refractivity contribution in [3.8, 4) is 5.75 Å². The molecule has 0 aliphatic carbocycles. The number of rotatable bonds is 8. The van der Waals surface area contributed by atoms with Crippen LogP contribution in [0, 0.1) is 6.92 Å². The number of para-hydroxylation sites is 1. The summed E-state index contributed by atoms with van der Waals surface area (Å²) in [5, 5.41) is 10.6. The summed E-state index contributed by atoms with van der Waals surface area (Å²) in [6.45, 7) is 3.11. The van der Waals surface area contributed by atoms with E-state index in [1.54, 1.807) is 14.0 Å². The fourth-order valence-corrected chi connectivity index (χ4v) is 7.12.